The molecule has 194 valence electrons. The summed E-state index contributed by atoms with van der Waals surface area (Å²) in [5.41, 5.74) is 3.50. The summed E-state index contributed by atoms with van der Waals surface area (Å²) in [6.45, 7) is 2.40. The van der Waals surface area contributed by atoms with Crippen molar-refractivity contribution in [2.24, 2.45) is 0 Å². The third kappa shape index (κ3) is 5.97. The predicted octanol–water partition coefficient (Wildman–Crippen LogP) is 3.02. The van der Waals surface area contributed by atoms with Gasteiger partial charge in [0.05, 0.1) is 18.4 Å². The van der Waals surface area contributed by atoms with Gasteiger partial charge in [0.2, 0.25) is 15.9 Å². The lowest BCUT2D eigenvalue weighted by molar-refractivity contribution is -0.200. The van der Waals surface area contributed by atoms with Crippen LogP contribution in [0.4, 0.5) is 0 Å². The van der Waals surface area contributed by atoms with Crippen molar-refractivity contribution in [3.8, 4) is 9.75 Å². The molecule has 0 aliphatic carbocycles. The summed E-state index contributed by atoms with van der Waals surface area (Å²) in [7, 11) is -7.50. The largest absolute Gasteiger partial charge is 0.350 e. The maximum absolute atomic E-state index is 13.7. The number of amides is 1. The minimum absolute atomic E-state index is 0.00325. The van der Waals surface area contributed by atoms with Gasteiger partial charge in [-0.25, -0.2) is 31.5 Å². The molecule has 0 spiro atoms. The molecule has 2 aromatic heterocycles. The van der Waals surface area contributed by atoms with Crippen LogP contribution in [-0.2, 0) is 39.0 Å². The molecule has 1 N–H and O–H groups in total. The Bertz CT molecular complexity index is 1260. The number of thiophene rings is 2. The van der Waals surface area contributed by atoms with Crippen LogP contribution in [-0.4, -0.2) is 65.0 Å². The highest BCUT2D eigenvalue weighted by atomic mass is 32.2. The number of nitrogens with one attached hydrogen (secondary N) is 1. The van der Waals surface area contributed by atoms with Crippen molar-refractivity contribution in [2.75, 3.05) is 31.7 Å². The van der Waals surface area contributed by atoms with Gasteiger partial charge in [-0.15, -0.1) is 22.7 Å². The maximum Gasteiger partial charge on any atom is 0.245 e. The summed E-state index contributed by atoms with van der Waals surface area (Å²) < 4.78 is 57.0. The van der Waals surface area contributed by atoms with Gasteiger partial charge in [-0.05, 0) is 55.3 Å². The standard InChI is InChI=1S/C22H30N2O7S4/c1-16-13-18(32-15-16)17-6-7-19(33-17)22(14-20(25)23-31-21-5-3-4-11-30-21)8-9-24(34(2,26)27)10-12-35(22,28)29/h6-7,13,15,21H,3-5,8-12,14H2,1-2H3,(H,23,25). The topological polar surface area (TPSA) is 119 Å². The average molecular weight is 563 g/mol. The van der Waals surface area contributed by atoms with Gasteiger partial charge in [-0.1, -0.05) is 0 Å². The Hall–Kier alpha value is -1.35. The molecule has 1 amide bonds. The molecule has 2 unspecified atom stereocenters. The third-order valence-electron chi connectivity index (χ3n) is 6.36. The summed E-state index contributed by atoms with van der Waals surface area (Å²) >= 11 is 2.90. The zero-order valence-corrected chi connectivity index (χ0v) is 23.0. The van der Waals surface area contributed by atoms with Crippen LogP contribution in [0, 0.1) is 6.92 Å². The Morgan fingerprint density at radius 3 is 2.74 bits per heavy atom. The Morgan fingerprint density at radius 1 is 1.29 bits per heavy atom. The molecule has 4 heterocycles. The number of carbonyl (C=O) groups excluding carboxylic acids is 1. The van der Waals surface area contributed by atoms with E-state index in [9.17, 15) is 21.6 Å². The second-order valence-electron chi connectivity index (χ2n) is 8.99. The molecule has 0 radical (unpaired) electrons. The smallest absolute Gasteiger partial charge is 0.245 e. The lowest BCUT2D eigenvalue weighted by atomic mass is 9.97. The Balaban J connectivity index is 1.66. The van der Waals surface area contributed by atoms with Crippen LogP contribution in [0.15, 0.2) is 23.6 Å². The van der Waals surface area contributed by atoms with Crippen molar-refractivity contribution < 1.29 is 31.2 Å². The first-order chi connectivity index (χ1) is 16.5. The summed E-state index contributed by atoms with van der Waals surface area (Å²) in [6, 6.07) is 5.65. The average Bonchev–Trinajstić information content (AvgIpc) is 3.43. The van der Waals surface area contributed by atoms with E-state index in [1.807, 2.05) is 24.4 Å². The molecule has 4 rings (SSSR count). The molecule has 2 aliphatic rings. The van der Waals surface area contributed by atoms with Gasteiger partial charge in [0.1, 0.15) is 4.75 Å². The van der Waals surface area contributed by atoms with E-state index in [4.69, 9.17) is 9.57 Å². The zero-order valence-electron chi connectivity index (χ0n) is 19.7. The van der Waals surface area contributed by atoms with E-state index < -0.39 is 36.8 Å². The number of carbonyl (C=O) groups is 1. The van der Waals surface area contributed by atoms with E-state index in [0.29, 0.717) is 17.9 Å². The lowest BCUT2D eigenvalue weighted by Gasteiger charge is -2.31. The van der Waals surface area contributed by atoms with E-state index in [0.717, 1.165) is 34.4 Å². The van der Waals surface area contributed by atoms with Crippen molar-refractivity contribution in [3.05, 3.63) is 34.0 Å². The second-order valence-corrected chi connectivity index (χ2v) is 15.4. The van der Waals surface area contributed by atoms with E-state index in [-0.39, 0.29) is 31.7 Å². The van der Waals surface area contributed by atoms with Crippen LogP contribution in [0.2, 0.25) is 0 Å². The summed E-state index contributed by atoms with van der Waals surface area (Å²) in [5.74, 6) is -0.955. The van der Waals surface area contributed by atoms with Crippen LogP contribution in [0.3, 0.4) is 0 Å². The fourth-order valence-electron chi connectivity index (χ4n) is 4.39. The fourth-order valence-corrected chi connectivity index (χ4v) is 9.95. The number of aryl methyl sites for hydroxylation is 1. The molecule has 2 fully saturated rings. The van der Waals surface area contributed by atoms with Crippen molar-refractivity contribution in [1.29, 1.82) is 0 Å². The highest BCUT2D eigenvalue weighted by Gasteiger charge is 2.50. The van der Waals surface area contributed by atoms with Gasteiger partial charge in [0, 0.05) is 40.7 Å². The maximum atomic E-state index is 13.7. The number of ether oxygens (including phenoxy) is 1. The first-order valence-electron chi connectivity index (χ1n) is 11.4. The van der Waals surface area contributed by atoms with Gasteiger partial charge < -0.3 is 4.74 Å². The normalized spacial score (nSPS) is 25.7. The van der Waals surface area contributed by atoms with Gasteiger partial charge in [-0.3, -0.25) is 4.79 Å². The second kappa shape index (κ2) is 10.6. The van der Waals surface area contributed by atoms with Gasteiger partial charge in [0.15, 0.2) is 16.1 Å². The van der Waals surface area contributed by atoms with Crippen LogP contribution >= 0.6 is 22.7 Å². The molecule has 0 saturated carbocycles. The molecule has 13 heteroatoms. The van der Waals surface area contributed by atoms with Crippen molar-refractivity contribution in [1.82, 2.24) is 9.79 Å². The number of sulfone groups is 1. The Morgan fingerprint density at radius 2 is 2.09 bits per heavy atom. The SMILES string of the molecule is Cc1csc(-c2ccc(C3(CC(=O)NOC4CCCCO4)CCN(S(C)(=O)=O)CCS3(=O)=O)s2)c1. The van der Waals surface area contributed by atoms with Crippen LogP contribution < -0.4 is 5.48 Å². The van der Waals surface area contributed by atoms with Crippen LogP contribution in [0.1, 0.15) is 42.5 Å². The molecule has 9 nitrogen and oxygen atoms in total. The molecule has 0 bridgehead atoms. The Labute approximate surface area is 214 Å². The summed E-state index contributed by atoms with van der Waals surface area (Å²) in [4.78, 5) is 20.9. The number of nitrogens with zero attached hydrogens (tertiary/aromatic N) is 1. The van der Waals surface area contributed by atoms with Crippen LogP contribution in [0.5, 0.6) is 0 Å². The summed E-state index contributed by atoms with van der Waals surface area (Å²) in [6.07, 6.45) is 2.59. The van der Waals surface area contributed by atoms with Gasteiger partial charge >= 0.3 is 0 Å². The van der Waals surface area contributed by atoms with E-state index in [1.54, 1.807) is 17.4 Å². The lowest BCUT2D eigenvalue weighted by Crippen LogP contribution is -2.43. The van der Waals surface area contributed by atoms with E-state index in [2.05, 4.69) is 5.48 Å². The summed E-state index contributed by atoms with van der Waals surface area (Å²) in [5, 5.41) is 2.02. The number of rotatable bonds is 7. The number of hydroxylamine groups is 1. The first kappa shape index (κ1) is 26.7. The number of sulfonamides is 1. The van der Waals surface area contributed by atoms with E-state index >= 15 is 0 Å². The minimum atomic E-state index is -3.91. The molecule has 2 aliphatic heterocycles. The number of hydrogen-bond donors (Lipinski definition) is 1. The van der Waals surface area contributed by atoms with Crippen molar-refractivity contribution in [2.45, 2.75) is 50.1 Å². The quantitative estimate of drug-likeness (QED) is 0.515. The molecule has 35 heavy (non-hydrogen) atoms. The fraction of sp³-hybridized carbons (Fsp3) is 0.591. The molecular formula is C22H30N2O7S4. The van der Waals surface area contributed by atoms with Gasteiger partial charge in [0.25, 0.3) is 0 Å². The monoisotopic (exact) mass is 562 g/mol. The molecule has 2 atom stereocenters. The molecular weight excluding hydrogens is 533 g/mol. The first-order valence-corrected chi connectivity index (χ1v) is 16.6. The van der Waals surface area contributed by atoms with Gasteiger partial charge in [-0.2, -0.15) is 0 Å². The number of hydrogen-bond acceptors (Lipinski definition) is 9. The Kier molecular flexibility index (Phi) is 8.06. The highest BCUT2D eigenvalue weighted by molar-refractivity contribution is 7.92. The highest BCUT2D eigenvalue weighted by Crippen LogP contribution is 2.46. The molecule has 0 aromatic carbocycles. The van der Waals surface area contributed by atoms with E-state index in [1.165, 1.54) is 15.6 Å². The predicted molar refractivity (Wildman–Crippen MR) is 136 cm³/mol. The third-order valence-corrected chi connectivity index (χ3v) is 12.8. The van der Waals surface area contributed by atoms with Crippen molar-refractivity contribution >= 4 is 48.4 Å². The molecule has 2 aromatic rings. The molecule has 2 saturated heterocycles. The van der Waals surface area contributed by atoms with Crippen LogP contribution in [0.25, 0.3) is 9.75 Å². The minimum Gasteiger partial charge on any atom is -0.350 e. The van der Waals surface area contributed by atoms with Crippen molar-refractivity contribution in [3.63, 3.8) is 0 Å². The zero-order chi connectivity index (χ0) is 25.3.